The van der Waals surface area contributed by atoms with Gasteiger partial charge in [0.15, 0.2) is 0 Å². The Bertz CT molecular complexity index is 569. The van der Waals surface area contributed by atoms with Gasteiger partial charge in [-0.25, -0.2) is 0 Å². The van der Waals surface area contributed by atoms with E-state index < -0.39 is 0 Å². The van der Waals surface area contributed by atoms with Gasteiger partial charge in [0.2, 0.25) is 5.91 Å². The minimum Gasteiger partial charge on any atom is -0.356 e. The zero-order valence-corrected chi connectivity index (χ0v) is 12.9. The number of nitrogens with one attached hydrogen (secondary N) is 1. The molecule has 0 aliphatic rings. The standard InChI is InChI=1S/C14H17BrN4O/c1-11-3-4-12(9-13(11)15)10-14(20)16-5-2-7-19-8-6-17-18-19/h3-4,6,8-9H,2,5,7,10H2,1H3,(H,16,20). The van der Waals surface area contributed by atoms with Crippen molar-refractivity contribution in [3.63, 3.8) is 0 Å². The van der Waals surface area contributed by atoms with Crippen molar-refractivity contribution >= 4 is 21.8 Å². The molecule has 106 valence electrons. The number of aryl methyl sites for hydroxylation is 2. The SMILES string of the molecule is Cc1ccc(CC(=O)NCCCn2ccnn2)cc1Br. The predicted molar refractivity (Wildman–Crippen MR) is 80.2 cm³/mol. The van der Waals surface area contributed by atoms with Crippen LogP contribution in [0.25, 0.3) is 0 Å². The average molecular weight is 337 g/mol. The Balaban J connectivity index is 1.71. The summed E-state index contributed by atoms with van der Waals surface area (Å²) in [5.41, 5.74) is 2.18. The summed E-state index contributed by atoms with van der Waals surface area (Å²) >= 11 is 3.47. The van der Waals surface area contributed by atoms with E-state index in [0.29, 0.717) is 13.0 Å². The number of benzene rings is 1. The van der Waals surface area contributed by atoms with Crippen LogP contribution in [-0.4, -0.2) is 27.4 Å². The fraction of sp³-hybridized carbons (Fsp3) is 0.357. The third-order valence-corrected chi connectivity index (χ3v) is 3.81. The van der Waals surface area contributed by atoms with Gasteiger partial charge in [-0.1, -0.05) is 33.3 Å². The molecule has 1 N–H and O–H groups in total. The predicted octanol–water partition coefficient (Wildman–Crippen LogP) is 2.10. The largest absolute Gasteiger partial charge is 0.356 e. The number of carbonyl (C=O) groups is 1. The highest BCUT2D eigenvalue weighted by atomic mass is 79.9. The number of aromatic nitrogens is 3. The van der Waals surface area contributed by atoms with E-state index in [0.717, 1.165) is 23.0 Å². The number of hydrogen-bond donors (Lipinski definition) is 1. The Morgan fingerprint density at radius 2 is 2.30 bits per heavy atom. The van der Waals surface area contributed by atoms with E-state index in [1.165, 1.54) is 5.56 Å². The lowest BCUT2D eigenvalue weighted by Crippen LogP contribution is -2.26. The molecular formula is C14H17BrN4O. The topological polar surface area (TPSA) is 59.8 Å². The summed E-state index contributed by atoms with van der Waals surface area (Å²) in [6, 6.07) is 5.98. The number of amides is 1. The van der Waals surface area contributed by atoms with Crippen LogP contribution in [0.2, 0.25) is 0 Å². The maximum Gasteiger partial charge on any atom is 0.224 e. The van der Waals surface area contributed by atoms with Crippen LogP contribution in [0, 0.1) is 6.92 Å². The first-order valence-electron chi connectivity index (χ1n) is 6.51. The zero-order valence-electron chi connectivity index (χ0n) is 11.3. The Labute approximate surface area is 126 Å². The van der Waals surface area contributed by atoms with Crippen LogP contribution in [0.15, 0.2) is 35.1 Å². The molecule has 0 fully saturated rings. The molecule has 0 radical (unpaired) electrons. The van der Waals surface area contributed by atoms with E-state index in [1.807, 2.05) is 31.3 Å². The van der Waals surface area contributed by atoms with E-state index in [2.05, 4.69) is 31.6 Å². The molecule has 2 rings (SSSR count). The molecule has 1 heterocycles. The summed E-state index contributed by atoms with van der Waals surface area (Å²) in [7, 11) is 0. The Morgan fingerprint density at radius 1 is 1.45 bits per heavy atom. The second-order valence-electron chi connectivity index (χ2n) is 4.63. The van der Waals surface area contributed by atoms with Crippen molar-refractivity contribution < 1.29 is 4.79 Å². The molecule has 2 aromatic rings. The van der Waals surface area contributed by atoms with Crippen LogP contribution < -0.4 is 5.32 Å². The molecular weight excluding hydrogens is 320 g/mol. The van der Waals surface area contributed by atoms with Gasteiger partial charge in [-0.15, -0.1) is 5.10 Å². The third kappa shape index (κ3) is 4.45. The molecule has 0 atom stereocenters. The van der Waals surface area contributed by atoms with E-state index in [4.69, 9.17) is 0 Å². The quantitative estimate of drug-likeness (QED) is 0.822. The van der Waals surface area contributed by atoms with Gasteiger partial charge in [0.1, 0.15) is 0 Å². The molecule has 20 heavy (non-hydrogen) atoms. The van der Waals surface area contributed by atoms with Gasteiger partial charge in [-0.05, 0) is 30.5 Å². The summed E-state index contributed by atoms with van der Waals surface area (Å²) < 4.78 is 2.79. The van der Waals surface area contributed by atoms with Crippen molar-refractivity contribution in [2.45, 2.75) is 26.3 Å². The van der Waals surface area contributed by atoms with Gasteiger partial charge in [-0.3, -0.25) is 9.48 Å². The number of carbonyl (C=O) groups excluding carboxylic acids is 1. The number of rotatable bonds is 6. The van der Waals surface area contributed by atoms with Crippen LogP contribution in [0.4, 0.5) is 0 Å². The van der Waals surface area contributed by atoms with Gasteiger partial charge in [-0.2, -0.15) is 0 Å². The summed E-state index contributed by atoms with van der Waals surface area (Å²) in [4.78, 5) is 11.8. The number of hydrogen-bond acceptors (Lipinski definition) is 3. The van der Waals surface area contributed by atoms with Crippen molar-refractivity contribution in [3.8, 4) is 0 Å². The molecule has 0 bridgehead atoms. The fourth-order valence-electron chi connectivity index (χ4n) is 1.82. The van der Waals surface area contributed by atoms with Crippen molar-refractivity contribution in [2.75, 3.05) is 6.54 Å². The van der Waals surface area contributed by atoms with Gasteiger partial charge in [0.25, 0.3) is 0 Å². The first-order chi connectivity index (χ1) is 9.65. The Kier molecular flexibility index (Phi) is 5.29. The van der Waals surface area contributed by atoms with Gasteiger partial charge in [0.05, 0.1) is 12.6 Å². The molecule has 0 saturated heterocycles. The molecule has 0 unspecified atom stereocenters. The maximum absolute atomic E-state index is 11.8. The molecule has 0 saturated carbocycles. The highest BCUT2D eigenvalue weighted by Gasteiger charge is 2.04. The van der Waals surface area contributed by atoms with Crippen molar-refractivity contribution in [1.82, 2.24) is 20.3 Å². The third-order valence-electron chi connectivity index (χ3n) is 2.96. The molecule has 0 aliphatic carbocycles. The van der Waals surface area contributed by atoms with E-state index in [9.17, 15) is 4.79 Å². The van der Waals surface area contributed by atoms with Crippen molar-refractivity contribution in [2.24, 2.45) is 0 Å². The van der Waals surface area contributed by atoms with Gasteiger partial charge in [0, 0.05) is 23.8 Å². The smallest absolute Gasteiger partial charge is 0.224 e. The summed E-state index contributed by atoms with van der Waals surface area (Å²) in [5, 5.41) is 10.5. The van der Waals surface area contributed by atoms with Crippen LogP contribution in [-0.2, 0) is 17.8 Å². The monoisotopic (exact) mass is 336 g/mol. The molecule has 1 aromatic heterocycles. The van der Waals surface area contributed by atoms with Crippen LogP contribution >= 0.6 is 15.9 Å². The molecule has 1 amide bonds. The van der Waals surface area contributed by atoms with Crippen molar-refractivity contribution in [3.05, 3.63) is 46.2 Å². The fourth-order valence-corrected chi connectivity index (χ4v) is 2.24. The number of halogens is 1. The molecule has 1 aromatic carbocycles. The van der Waals surface area contributed by atoms with Crippen LogP contribution in [0.1, 0.15) is 17.5 Å². The Hall–Kier alpha value is -1.69. The van der Waals surface area contributed by atoms with Gasteiger partial charge < -0.3 is 5.32 Å². The van der Waals surface area contributed by atoms with Crippen molar-refractivity contribution in [1.29, 1.82) is 0 Å². The zero-order chi connectivity index (χ0) is 14.4. The average Bonchev–Trinajstić information content (AvgIpc) is 2.92. The van der Waals surface area contributed by atoms with Crippen LogP contribution in [0.3, 0.4) is 0 Å². The second kappa shape index (κ2) is 7.19. The van der Waals surface area contributed by atoms with E-state index in [1.54, 1.807) is 10.9 Å². The molecule has 0 spiro atoms. The number of nitrogens with zero attached hydrogens (tertiary/aromatic N) is 3. The lowest BCUT2D eigenvalue weighted by molar-refractivity contribution is -0.120. The second-order valence-corrected chi connectivity index (χ2v) is 5.48. The summed E-state index contributed by atoms with van der Waals surface area (Å²) in [6.07, 6.45) is 4.70. The van der Waals surface area contributed by atoms with Gasteiger partial charge >= 0.3 is 0 Å². The first-order valence-corrected chi connectivity index (χ1v) is 7.30. The Morgan fingerprint density at radius 3 is 3.00 bits per heavy atom. The van der Waals surface area contributed by atoms with E-state index in [-0.39, 0.29) is 5.91 Å². The first kappa shape index (κ1) is 14.7. The summed E-state index contributed by atoms with van der Waals surface area (Å²) in [5.74, 6) is 0.0411. The maximum atomic E-state index is 11.8. The minimum absolute atomic E-state index is 0.0411. The lowest BCUT2D eigenvalue weighted by Gasteiger charge is -2.06. The molecule has 0 aliphatic heterocycles. The molecule has 6 heteroatoms. The van der Waals surface area contributed by atoms with Crippen LogP contribution in [0.5, 0.6) is 0 Å². The highest BCUT2D eigenvalue weighted by molar-refractivity contribution is 9.10. The normalized spacial score (nSPS) is 10.5. The molecule has 5 nitrogen and oxygen atoms in total. The highest BCUT2D eigenvalue weighted by Crippen LogP contribution is 2.17. The van der Waals surface area contributed by atoms with E-state index >= 15 is 0 Å². The minimum atomic E-state index is 0.0411. The summed E-state index contributed by atoms with van der Waals surface area (Å²) in [6.45, 7) is 3.43. The lowest BCUT2D eigenvalue weighted by atomic mass is 10.1.